The number of nitrogens with one attached hydrogen (secondary N) is 1. The van der Waals surface area contributed by atoms with Gasteiger partial charge in [0.2, 0.25) is 15.9 Å². The number of rotatable bonds is 9. The maximum absolute atomic E-state index is 14.1. The molecular weight excluding hydrogens is 554 g/mol. The van der Waals surface area contributed by atoms with Crippen LogP contribution >= 0.6 is 11.6 Å². The SMILES string of the molecule is CC(=O)N1CCN(CCS(=O)(=O)Nc2ccc(-c3cnc(N)c(OCc4c(F)ccc(F)c4Cl)n3)cc2)CC1. The fourth-order valence-electron chi connectivity index (χ4n) is 3.94. The lowest BCUT2D eigenvalue weighted by molar-refractivity contribution is -0.130. The predicted octanol–water partition coefficient (Wildman–Crippen LogP) is 3.14. The summed E-state index contributed by atoms with van der Waals surface area (Å²) >= 11 is 5.84. The van der Waals surface area contributed by atoms with Gasteiger partial charge in [-0.25, -0.2) is 27.2 Å². The van der Waals surface area contributed by atoms with Gasteiger partial charge in [0, 0.05) is 56.5 Å². The summed E-state index contributed by atoms with van der Waals surface area (Å²) < 4.78 is 61.0. The third-order valence-electron chi connectivity index (χ3n) is 6.21. The summed E-state index contributed by atoms with van der Waals surface area (Å²) in [5.41, 5.74) is 6.98. The molecule has 1 saturated heterocycles. The monoisotopic (exact) mass is 580 g/mol. The number of nitrogens with two attached hydrogens (primary N) is 1. The number of sulfonamides is 1. The van der Waals surface area contributed by atoms with E-state index in [-0.39, 0.29) is 28.9 Å². The van der Waals surface area contributed by atoms with Gasteiger partial charge in [0.25, 0.3) is 5.88 Å². The first-order chi connectivity index (χ1) is 18.5. The van der Waals surface area contributed by atoms with Crippen LogP contribution in [0.2, 0.25) is 5.02 Å². The lowest BCUT2D eigenvalue weighted by Gasteiger charge is -2.34. The minimum Gasteiger partial charge on any atom is -0.470 e. The van der Waals surface area contributed by atoms with Crippen molar-refractivity contribution in [2.24, 2.45) is 0 Å². The van der Waals surface area contributed by atoms with E-state index in [0.29, 0.717) is 49.7 Å². The van der Waals surface area contributed by atoms with Crippen LogP contribution < -0.4 is 15.2 Å². The molecule has 3 aromatic rings. The molecule has 14 heteroatoms. The largest absolute Gasteiger partial charge is 0.470 e. The summed E-state index contributed by atoms with van der Waals surface area (Å²) in [5, 5.41) is -0.397. The van der Waals surface area contributed by atoms with Crippen molar-refractivity contribution >= 4 is 39.0 Å². The van der Waals surface area contributed by atoms with Crippen LogP contribution in [0.1, 0.15) is 12.5 Å². The van der Waals surface area contributed by atoms with Crippen LogP contribution in [-0.4, -0.2) is 72.6 Å². The molecule has 0 spiro atoms. The predicted molar refractivity (Wildman–Crippen MR) is 144 cm³/mol. The van der Waals surface area contributed by atoms with Crippen LogP contribution in [0.5, 0.6) is 5.88 Å². The second kappa shape index (κ2) is 12.1. The molecule has 1 aliphatic rings. The summed E-state index contributed by atoms with van der Waals surface area (Å²) in [6.45, 7) is 3.88. The highest BCUT2D eigenvalue weighted by molar-refractivity contribution is 7.92. The standard InChI is InChI=1S/C25H27ClF2N6O4S/c1-16(35)34-10-8-33(9-11-34)12-13-39(36,37)32-18-4-2-17(3-5-18)22-14-30-24(29)25(31-22)38-15-19-20(27)6-7-21(28)23(19)26/h2-7,14,32H,8-13,15H2,1H3,(H2,29,30). The Morgan fingerprint density at radius 2 is 1.77 bits per heavy atom. The van der Waals surface area contributed by atoms with E-state index >= 15 is 0 Å². The van der Waals surface area contributed by atoms with Crippen LogP contribution in [0.25, 0.3) is 11.3 Å². The van der Waals surface area contributed by atoms with Crippen LogP contribution in [0.15, 0.2) is 42.6 Å². The van der Waals surface area contributed by atoms with Crippen molar-refractivity contribution in [2.75, 3.05) is 48.9 Å². The normalized spacial score (nSPS) is 14.3. The van der Waals surface area contributed by atoms with Gasteiger partial charge in [-0.15, -0.1) is 0 Å². The second-order valence-electron chi connectivity index (χ2n) is 8.90. The number of carbonyl (C=O) groups is 1. The van der Waals surface area contributed by atoms with E-state index in [1.165, 1.54) is 13.1 Å². The Labute approximate surface area is 229 Å². The molecule has 208 valence electrons. The van der Waals surface area contributed by atoms with Crippen molar-refractivity contribution < 1.29 is 26.7 Å². The van der Waals surface area contributed by atoms with Gasteiger partial charge < -0.3 is 15.4 Å². The minimum absolute atomic E-state index is 0.0188. The molecular formula is C25H27ClF2N6O4S. The number of hydrogen-bond donors (Lipinski definition) is 2. The van der Waals surface area contributed by atoms with Crippen LogP contribution in [0.3, 0.4) is 0 Å². The number of nitrogen functional groups attached to an aromatic ring is 1. The molecule has 0 bridgehead atoms. The third-order valence-corrected chi connectivity index (χ3v) is 7.88. The van der Waals surface area contributed by atoms with Crippen molar-refractivity contribution in [3.63, 3.8) is 0 Å². The number of aromatic nitrogens is 2. The quantitative estimate of drug-likeness (QED) is 0.369. The molecule has 0 unspecified atom stereocenters. The van der Waals surface area contributed by atoms with Crippen LogP contribution in [-0.2, 0) is 21.4 Å². The van der Waals surface area contributed by atoms with Gasteiger partial charge in [0.05, 0.1) is 22.7 Å². The van der Waals surface area contributed by atoms with Crippen molar-refractivity contribution in [3.05, 3.63) is 64.8 Å². The Morgan fingerprint density at radius 1 is 1.10 bits per heavy atom. The molecule has 1 fully saturated rings. The van der Waals surface area contributed by atoms with Gasteiger partial charge in [0.15, 0.2) is 5.82 Å². The average Bonchev–Trinajstić information content (AvgIpc) is 2.91. The molecule has 39 heavy (non-hydrogen) atoms. The van der Waals surface area contributed by atoms with E-state index < -0.39 is 33.3 Å². The van der Waals surface area contributed by atoms with Crippen molar-refractivity contribution in [2.45, 2.75) is 13.5 Å². The zero-order chi connectivity index (χ0) is 28.2. The number of ether oxygens (including phenoxy) is 1. The topological polar surface area (TPSA) is 131 Å². The molecule has 2 aromatic carbocycles. The fraction of sp³-hybridized carbons (Fsp3) is 0.320. The summed E-state index contributed by atoms with van der Waals surface area (Å²) in [6.07, 6.45) is 1.41. The van der Waals surface area contributed by atoms with E-state index in [0.717, 1.165) is 12.1 Å². The number of nitrogens with zero attached hydrogens (tertiary/aromatic N) is 4. The smallest absolute Gasteiger partial charge is 0.258 e. The zero-order valence-electron chi connectivity index (χ0n) is 21.0. The summed E-state index contributed by atoms with van der Waals surface area (Å²) in [5.74, 6) is -1.75. The molecule has 4 rings (SSSR count). The van der Waals surface area contributed by atoms with E-state index in [1.807, 2.05) is 4.90 Å². The first kappa shape index (κ1) is 28.5. The average molecular weight is 581 g/mol. The van der Waals surface area contributed by atoms with Gasteiger partial charge >= 0.3 is 0 Å². The number of halogens is 3. The van der Waals surface area contributed by atoms with E-state index in [4.69, 9.17) is 22.1 Å². The number of anilines is 2. The summed E-state index contributed by atoms with van der Waals surface area (Å²) in [4.78, 5) is 23.5. The maximum atomic E-state index is 14.1. The first-order valence-electron chi connectivity index (χ1n) is 12.0. The highest BCUT2D eigenvalue weighted by Gasteiger charge is 2.21. The van der Waals surface area contributed by atoms with Gasteiger partial charge in [0.1, 0.15) is 18.2 Å². The van der Waals surface area contributed by atoms with Crippen LogP contribution in [0.4, 0.5) is 20.3 Å². The maximum Gasteiger partial charge on any atom is 0.258 e. The Balaban J connectivity index is 1.36. The molecule has 1 aliphatic heterocycles. The lowest BCUT2D eigenvalue weighted by Crippen LogP contribution is -2.49. The third kappa shape index (κ3) is 7.31. The molecule has 1 amide bonds. The van der Waals surface area contributed by atoms with Crippen molar-refractivity contribution in [3.8, 4) is 17.1 Å². The Morgan fingerprint density at radius 3 is 2.44 bits per heavy atom. The summed E-state index contributed by atoms with van der Waals surface area (Å²) in [7, 11) is -3.60. The highest BCUT2D eigenvalue weighted by atomic mass is 35.5. The molecule has 0 aliphatic carbocycles. The first-order valence-corrected chi connectivity index (χ1v) is 14.0. The number of hydrogen-bond acceptors (Lipinski definition) is 8. The Kier molecular flexibility index (Phi) is 8.83. The van der Waals surface area contributed by atoms with Gasteiger partial charge in [-0.2, -0.15) is 0 Å². The van der Waals surface area contributed by atoms with Gasteiger partial charge in [-0.1, -0.05) is 23.7 Å². The van der Waals surface area contributed by atoms with E-state index in [9.17, 15) is 22.0 Å². The fourth-order valence-corrected chi connectivity index (χ4v) is 5.25. The number of piperazine rings is 1. The number of amides is 1. The molecule has 1 aromatic heterocycles. The zero-order valence-corrected chi connectivity index (χ0v) is 22.6. The van der Waals surface area contributed by atoms with E-state index in [1.54, 1.807) is 29.2 Å². The van der Waals surface area contributed by atoms with Crippen molar-refractivity contribution in [1.82, 2.24) is 19.8 Å². The Bertz CT molecular complexity index is 1450. The molecule has 0 radical (unpaired) electrons. The van der Waals surface area contributed by atoms with E-state index in [2.05, 4.69) is 14.7 Å². The minimum atomic E-state index is -3.60. The van der Waals surface area contributed by atoms with Crippen LogP contribution in [0, 0.1) is 11.6 Å². The van der Waals surface area contributed by atoms with Gasteiger partial charge in [-0.05, 0) is 24.3 Å². The highest BCUT2D eigenvalue weighted by Crippen LogP contribution is 2.27. The number of carbonyl (C=O) groups excluding carboxylic acids is 1. The molecule has 0 atom stereocenters. The number of benzene rings is 2. The molecule has 10 nitrogen and oxygen atoms in total. The molecule has 0 saturated carbocycles. The summed E-state index contributed by atoms with van der Waals surface area (Å²) in [6, 6.07) is 8.31. The lowest BCUT2D eigenvalue weighted by atomic mass is 10.1. The van der Waals surface area contributed by atoms with Crippen molar-refractivity contribution in [1.29, 1.82) is 0 Å². The van der Waals surface area contributed by atoms with Gasteiger partial charge in [-0.3, -0.25) is 14.4 Å². The molecule has 2 heterocycles. The Hall–Kier alpha value is -3.55. The second-order valence-corrected chi connectivity index (χ2v) is 11.1. The molecule has 3 N–H and O–H groups in total.